The fourth-order valence-corrected chi connectivity index (χ4v) is 8.16. The van der Waals surface area contributed by atoms with Crippen LogP contribution in [0.4, 0.5) is 11.4 Å². The standard InChI is InChI=1S/C35H43N5O3/c1-43-30-19-25(34(42)39-12-10-35(21-39)20-31(35)36)17-27-26(30)9-8-23(16-22-6-7-22)32(37-27)29-18-24-4-2-5-28-33(24)40(29)14-13-38(28)11-3-15-41/h2,4-5,17-19,22-23,31,41H,3,6-16,20-21,36H2,1H3. The van der Waals surface area contributed by atoms with Gasteiger partial charge in [0.2, 0.25) is 0 Å². The van der Waals surface area contributed by atoms with E-state index >= 15 is 0 Å². The average Bonchev–Trinajstić information content (AvgIpc) is 3.88. The molecule has 1 amide bonds. The Morgan fingerprint density at radius 2 is 2.02 bits per heavy atom. The van der Waals surface area contributed by atoms with Crippen molar-refractivity contribution in [3.63, 3.8) is 0 Å². The fourth-order valence-electron chi connectivity index (χ4n) is 8.16. The van der Waals surface area contributed by atoms with Crippen molar-refractivity contribution < 1.29 is 14.6 Å². The van der Waals surface area contributed by atoms with Crippen LogP contribution in [0.25, 0.3) is 10.9 Å². The molecule has 226 valence electrons. The van der Waals surface area contributed by atoms with Crippen LogP contribution in [0.5, 0.6) is 5.75 Å². The first-order valence-corrected chi connectivity index (χ1v) is 16.3. The third kappa shape index (κ3) is 4.65. The van der Waals surface area contributed by atoms with E-state index in [1.165, 1.54) is 35.1 Å². The minimum absolute atomic E-state index is 0.0590. The minimum Gasteiger partial charge on any atom is -0.496 e. The van der Waals surface area contributed by atoms with E-state index < -0.39 is 0 Å². The Balaban J connectivity index is 1.22. The highest BCUT2D eigenvalue weighted by Crippen LogP contribution is 2.52. The number of anilines is 1. The number of nitrogens with zero attached hydrogens (tertiary/aromatic N) is 4. The Morgan fingerprint density at radius 3 is 2.77 bits per heavy atom. The van der Waals surface area contributed by atoms with E-state index in [2.05, 4.69) is 33.7 Å². The Kier molecular flexibility index (Phi) is 6.56. The van der Waals surface area contributed by atoms with Gasteiger partial charge in [-0.2, -0.15) is 0 Å². The second-order valence-corrected chi connectivity index (χ2v) is 13.7. The second kappa shape index (κ2) is 10.4. The monoisotopic (exact) mass is 581 g/mol. The number of methoxy groups -OCH3 is 1. The maximum absolute atomic E-state index is 13.8. The molecule has 5 aliphatic rings. The van der Waals surface area contributed by atoms with Gasteiger partial charge >= 0.3 is 0 Å². The highest BCUT2D eigenvalue weighted by atomic mass is 16.5. The van der Waals surface area contributed by atoms with Crippen molar-refractivity contribution in [2.24, 2.45) is 28.0 Å². The van der Waals surface area contributed by atoms with Crippen molar-refractivity contribution in [2.45, 2.75) is 64.0 Å². The van der Waals surface area contributed by atoms with Gasteiger partial charge < -0.3 is 29.9 Å². The molecule has 1 aromatic heterocycles. The van der Waals surface area contributed by atoms with Gasteiger partial charge in [-0.25, -0.2) is 0 Å². The zero-order valence-corrected chi connectivity index (χ0v) is 25.2. The Hall–Kier alpha value is -3.36. The summed E-state index contributed by atoms with van der Waals surface area (Å²) in [5.74, 6) is 1.97. The van der Waals surface area contributed by atoms with Crippen molar-refractivity contribution in [3.8, 4) is 5.75 Å². The SMILES string of the molecule is COc1cc(C(=O)N2CCC3(CC3N)C2)cc2c1CCC(CC1CC1)C(c1cc3cccc4c3n1CCN4CCCO)=N2. The summed E-state index contributed by atoms with van der Waals surface area (Å²) >= 11 is 0. The van der Waals surface area contributed by atoms with Crippen LogP contribution in [0.15, 0.2) is 41.4 Å². The summed E-state index contributed by atoms with van der Waals surface area (Å²) in [5, 5.41) is 10.7. The lowest BCUT2D eigenvalue weighted by atomic mass is 9.89. The van der Waals surface area contributed by atoms with Gasteiger partial charge in [0.1, 0.15) is 5.75 Å². The molecule has 3 aliphatic heterocycles. The van der Waals surface area contributed by atoms with Gasteiger partial charge in [-0.1, -0.05) is 25.0 Å². The van der Waals surface area contributed by atoms with Crippen molar-refractivity contribution in [2.75, 3.05) is 44.8 Å². The van der Waals surface area contributed by atoms with E-state index in [1.807, 2.05) is 17.0 Å². The first-order chi connectivity index (χ1) is 21.0. The van der Waals surface area contributed by atoms with Gasteiger partial charge in [-0.15, -0.1) is 0 Å². The normalized spacial score (nSPS) is 26.1. The van der Waals surface area contributed by atoms with Gasteiger partial charge in [-0.3, -0.25) is 9.79 Å². The molecule has 2 aliphatic carbocycles. The number of fused-ring (bicyclic) bond motifs is 1. The molecule has 3 fully saturated rings. The molecule has 2 aromatic carbocycles. The van der Waals surface area contributed by atoms with E-state index in [4.69, 9.17) is 15.5 Å². The molecular formula is C35H43N5O3. The van der Waals surface area contributed by atoms with Crippen LogP contribution < -0.4 is 15.4 Å². The van der Waals surface area contributed by atoms with Crippen molar-refractivity contribution in [1.82, 2.24) is 9.47 Å². The zero-order valence-electron chi connectivity index (χ0n) is 25.2. The number of aliphatic hydroxyl groups is 1. The Morgan fingerprint density at radius 1 is 1.16 bits per heavy atom. The topological polar surface area (TPSA) is 96.3 Å². The first kappa shape index (κ1) is 27.2. The predicted molar refractivity (Wildman–Crippen MR) is 170 cm³/mol. The summed E-state index contributed by atoms with van der Waals surface area (Å²) in [6, 6.07) is 13.1. The van der Waals surface area contributed by atoms with E-state index in [1.54, 1.807) is 7.11 Å². The smallest absolute Gasteiger partial charge is 0.254 e. The lowest BCUT2D eigenvalue weighted by molar-refractivity contribution is 0.0784. The number of nitrogens with two attached hydrogens (primary N) is 1. The van der Waals surface area contributed by atoms with Crippen LogP contribution in [-0.2, 0) is 13.0 Å². The number of para-hydroxylation sites is 1. The Bertz CT molecular complexity index is 1620. The molecule has 3 unspecified atom stereocenters. The van der Waals surface area contributed by atoms with E-state index in [9.17, 15) is 9.90 Å². The number of aromatic nitrogens is 1. The number of benzene rings is 2. The summed E-state index contributed by atoms with van der Waals surface area (Å²) in [4.78, 5) is 23.7. The number of carbonyl (C=O) groups is 1. The van der Waals surface area contributed by atoms with Gasteiger partial charge in [0.05, 0.1) is 35.4 Å². The summed E-state index contributed by atoms with van der Waals surface area (Å²) in [5.41, 5.74) is 13.9. The van der Waals surface area contributed by atoms with Crippen LogP contribution >= 0.6 is 0 Å². The molecule has 8 rings (SSSR count). The van der Waals surface area contributed by atoms with E-state index in [0.29, 0.717) is 11.5 Å². The van der Waals surface area contributed by atoms with Crippen molar-refractivity contribution in [3.05, 3.63) is 53.2 Å². The molecule has 1 spiro atoms. The van der Waals surface area contributed by atoms with E-state index in [-0.39, 0.29) is 24.0 Å². The van der Waals surface area contributed by atoms with Crippen LogP contribution in [0.3, 0.4) is 0 Å². The molecule has 4 heterocycles. The second-order valence-electron chi connectivity index (χ2n) is 13.7. The average molecular weight is 582 g/mol. The molecule has 3 atom stereocenters. The number of aliphatic imine (C=N–C) groups is 1. The summed E-state index contributed by atoms with van der Waals surface area (Å²) in [6.07, 6.45) is 8.49. The third-order valence-corrected chi connectivity index (χ3v) is 10.9. The van der Waals surface area contributed by atoms with Crippen molar-refractivity contribution in [1.29, 1.82) is 0 Å². The van der Waals surface area contributed by atoms with Crippen LogP contribution in [0, 0.1) is 17.3 Å². The van der Waals surface area contributed by atoms with Gasteiger partial charge in [0.25, 0.3) is 5.91 Å². The molecule has 43 heavy (non-hydrogen) atoms. The first-order valence-electron chi connectivity index (χ1n) is 16.3. The summed E-state index contributed by atoms with van der Waals surface area (Å²) in [6.45, 7) is 4.39. The number of hydrogen-bond acceptors (Lipinski definition) is 6. The van der Waals surface area contributed by atoms with Gasteiger partial charge in [0.15, 0.2) is 0 Å². The third-order valence-electron chi connectivity index (χ3n) is 10.9. The molecular weight excluding hydrogens is 538 g/mol. The maximum atomic E-state index is 13.8. The number of likely N-dealkylation sites (tertiary alicyclic amines) is 1. The molecule has 1 saturated heterocycles. The van der Waals surface area contributed by atoms with E-state index in [0.717, 1.165) is 99.9 Å². The number of ether oxygens (including phenoxy) is 1. The molecule has 2 saturated carbocycles. The molecule has 3 aromatic rings. The van der Waals surface area contributed by atoms with Gasteiger partial charge in [0, 0.05) is 73.2 Å². The van der Waals surface area contributed by atoms with Crippen LogP contribution in [0.1, 0.15) is 66.6 Å². The molecule has 3 N–H and O–H groups in total. The highest BCUT2D eigenvalue weighted by molar-refractivity contribution is 6.09. The quantitative estimate of drug-likeness (QED) is 0.395. The Labute approximate surface area is 253 Å². The zero-order chi connectivity index (χ0) is 29.3. The molecule has 0 bridgehead atoms. The maximum Gasteiger partial charge on any atom is 0.254 e. The molecule has 8 nitrogen and oxygen atoms in total. The lowest BCUT2D eigenvalue weighted by Crippen LogP contribution is -2.34. The largest absolute Gasteiger partial charge is 0.496 e. The number of aliphatic hydroxyl groups excluding tert-OH is 1. The highest BCUT2D eigenvalue weighted by Gasteiger charge is 2.56. The predicted octanol–water partition coefficient (Wildman–Crippen LogP) is 4.90. The lowest BCUT2D eigenvalue weighted by Gasteiger charge is -2.32. The minimum atomic E-state index is 0.0590. The number of carbonyl (C=O) groups excluding carboxylic acids is 1. The summed E-state index contributed by atoms with van der Waals surface area (Å²) < 4.78 is 8.42. The van der Waals surface area contributed by atoms with Crippen molar-refractivity contribution >= 4 is 33.9 Å². The molecule has 8 heteroatoms. The number of hydrogen-bond donors (Lipinski definition) is 2. The fraction of sp³-hybridized carbons (Fsp3) is 0.543. The summed E-state index contributed by atoms with van der Waals surface area (Å²) in [7, 11) is 1.71. The molecule has 0 radical (unpaired) electrons. The van der Waals surface area contributed by atoms with Gasteiger partial charge in [-0.05, 0) is 68.7 Å². The van der Waals surface area contributed by atoms with Crippen LogP contribution in [-0.4, -0.2) is 72.1 Å². The number of rotatable bonds is 8. The number of amides is 1. The van der Waals surface area contributed by atoms with Crippen LogP contribution in [0.2, 0.25) is 0 Å².